The van der Waals surface area contributed by atoms with Crippen molar-refractivity contribution in [2.24, 2.45) is 0 Å². The molecule has 0 bridgehead atoms. The van der Waals surface area contributed by atoms with Crippen LogP contribution in [-0.2, 0) is 12.8 Å². The minimum absolute atomic E-state index is 0.695. The van der Waals surface area contributed by atoms with Gasteiger partial charge < -0.3 is 0 Å². The molecule has 2 aromatic rings. The zero-order valence-electron chi connectivity index (χ0n) is 9.47. The predicted octanol–water partition coefficient (Wildman–Crippen LogP) is 4.61. The molecule has 0 aliphatic heterocycles. The molecule has 1 aromatic heterocycles. The first-order chi connectivity index (χ1) is 8.38. The van der Waals surface area contributed by atoms with E-state index in [2.05, 4.69) is 67.8 Å². The normalized spacial score (nSPS) is 19.0. The van der Waals surface area contributed by atoms with E-state index in [0.717, 1.165) is 0 Å². The number of benzene rings is 1. The van der Waals surface area contributed by atoms with E-state index in [1.54, 1.807) is 14.7 Å². The fraction of sp³-hybridized carbons (Fsp3) is 0.286. The summed E-state index contributed by atoms with van der Waals surface area (Å²) in [6.45, 7) is 0. The number of hydrogen-bond acceptors (Lipinski definition) is 1. The molecule has 1 unspecified atom stereocenters. The lowest BCUT2D eigenvalue weighted by Crippen LogP contribution is -2.13. The number of aromatic nitrogens is 1. The number of hydrogen-bond donors (Lipinski definition) is 0. The minimum Gasteiger partial charge on any atom is -0.287 e. The molecule has 1 nitrogen and oxygen atoms in total. The Balaban J connectivity index is 1.89. The molecule has 0 N–H and O–H groups in total. The molecule has 1 aromatic carbocycles. The highest BCUT2D eigenvalue weighted by atomic mass is 127. The second kappa shape index (κ2) is 5.06. The van der Waals surface area contributed by atoms with Gasteiger partial charge in [0.2, 0.25) is 0 Å². The summed E-state index contributed by atoms with van der Waals surface area (Å²) >= 11 is 2.36. The Bertz CT molecular complexity index is 493. The van der Waals surface area contributed by atoms with Crippen molar-refractivity contribution in [3.05, 3.63) is 59.4 Å². The van der Waals surface area contributed by atoms with E-state index in [-0.39, 0.29) is 0 Å². The smallest absolute Gasteiger partial charge is 0.0338 e. The van der Waals surface area contributed by atoms with Gasteiger partial charge in [-0.15, -0.1) is 0 Å². The Kier molecular flexibility index (Phi) is 3.47. The molecule has 0 spiro atoms. The summed E-state index contributed by atoms with van der Waals surface area (Å²) in [5.41, 5.74) is 4.55. The molecule has 1 atom stereocenters. The molecule has 0 amide bonds. The van der Waals surface area contributed by atoms with Crippen LogP contribution in [-0.4, -0.2) is 3.97 Å². The maximum Gasteiger partial charge on any atom is 0.0338 e. The van der Waals surface area contributed by atoms with Crippen molar-refractivity contribution in [2.75, 3.05) is 0 Å². The van der Waals surface area contributed by atoms with Crippen LogP contribution in [0.2, 0.25) is 0 Å². The average Bonchev–Trinajstić information content (AvgIpc) is 2.81. The third kappa shape index (κ3) is 2.27. The summed E-state index contributed by atoms with van der Waals surface area (Å²) in [6, 6.07) is 13.2. The summed E-state index contributed by atoms with van der Waals surface area (Å²) in [4.78, 5) is 0. The van der Waals surface area contributed by atoms with Crippen LogP contribution >= 0.6 is 30.3 Å². The Hall–Kier alpha value is -0.420. The molecule has 88 valence electrons. The first-order valence-corrected chi connectivity index (χ1v) is 9.23. The molecule has 3 rings (SSSR count). The van der Waals surface area contributed by atoms with Gasteiger partial charge in [-0.3, -0.25) is 3.97 Å². The number of rotatable bonds is 2. The Morgan fingerprint density at radius 3 is 2.76 bits per heavy atom. The molecule has 0 saturated carbocycles. The van der Waals surface area contributed by atoms with Gasteiger partial charge in [-0.05, 0) is 42.4 Å². The third-order valence-corrected chi connectivity index (χ3v) is 5.36. The molecule has 1 heterocycles. The van der Waals surface area contributed by atoms with E-state index < -0.39 is 0 Å². The molecule has 0 saturated heterocycles. The van der Waals surface area contributed by atoms with Crippen molar-refractivity contribution < 1.29 is 0 Å². The highest BCUT2D eigenvalue weighted by Crippen LogP contribution is 2.35. The van der Waals surface area contributed by atoms with Crippen LogP contribution in [0.15, 0.2) is 42.6 Å². The quantitative estimate of drug-likeness (QED) is 0.713. The molecule has 0 radical (unpaired) electrons. The van der Waals surface area contributed by atoms with Crippen molar-refractivity contribution in [3.63, 3.8) is 0 Å². The molecule has 3 heteroatoms. The lowest BCUT2D eigenvalue weighted by atomic mass is 9.83. The molecule has 1 aliphatic rings. The van der Waals surface area contributed by atoms with Crippen LogP contribution in [0.1, 0.15) is 29.2 Å². The van der Waals surface area contributed by atoms with E-state index in [9.17, 15) is 0 Å². The largest absolute Gasteiger partial charge is 0.287 e. The molecule has 1 aliphatic carbocycles. The molecular formula is C14H14INS. The standard InChI is InChI=1S/C14H14INS/c15-17-16-9-8-12-6-7-13(10-14(12)16)11-4-2-1-3-5-11/h1-5,8-9,13H,6-7,10H2. The van der Waals surface area contributed by atoms with Crippen molar-refractivity contribution >= 4 is 30.3 Å². The van der Waals surface area contributed by atoms with Crippen LogP contribution in [0, 0.1) is 0 Å². The van der Waals surface area contributed by atoms with Crippen LogP contribution < -0.4 is 0 Å². The maximum atomic E-state index is 2.36. The average molecular weight is 355 g/mol. The van der Waals surface area contributed by atoms with Crippen molar-refractivity contribution in [1.29, 1.82) is 0 Å². The fourth-order valence-corrected chi connectivity index (χ4v) is 4.16. The van der Waals surface area contributed by atoms with Gasteiger partial charge in [0, 0.05) is 42.2 Å². The SMILES string of the molecule is ISn1ccc2c1CC(c1ccccc1)CC2. The Morgan fingerprint density at radius 2 is 2.00 bits per heavy atom. The highest BCUT2D eigenvalue weighted by Gasteiger charge is 2.22. The van der Waals surface area contributed by atoms with Gasteiger partial charge in [0.1, 0.15) is 0 Å². The summed E-state index contributed by atoms with van der Waals surface area (Å²) in [6.07, 6.45) is 5.89. The first-order valence-electron chi connectivity index (χ1n) is 5.91. The van der Waals surface area contributed by atoms with Gasteiger partial charge in [-0.2, -0.15) is 0 Å². The van der Waals surface area contributed by atoms with E-state index in [4.69, 9.17) is 0 Å². The third-order valence-electron chi connectivity index (χ3n) is 3.60. The summed E-state index contributed by atoms with van der Waals surface area (Å²) in [5, 5.41) is 0. The summed E-state index contributed by atoms with van der Waals surface area (Å²) < 4.78 is 2.31. The number of nitrogens with zero attached hydrogens (tertiary/aromatic N) is 1. The van der Waals surface area contributed by atoms with Gasteiger partial charge in [-0.1, -0.05) is 30.3 Å². The van der Waals surface area contributed by atoms with Crippen molar-refractivity contribution in [1.82, 2.24) is 3.97 Å². The molecule has 17 heavy (non-hydrogen) atoms. The van der Waals surface area contributed by atoms with Gasteiger partial charge in [0.25, 0.3) is 0 Å². The lowest BCUT2D eigenvalue weighted by Gasteiger charge is -2.23. The molecule has 0 fully saturated rings. The van der Waals surface area contributed by atoms with Crippen LogP contribution in [0.5, 0.6) is 0 Å². The number of aryl methyl sites for hydroxylation is 1. The van der Waals surface area contributed by atoms with Crippen LogP contribution in [0.3, 0.4) is 0 Å². The Morgan fingerprint density at radius 1 is 1.18 bits per heavy atom. The number of fused-ring (bicyclic) bond motifs is 1. The van der Waals surface area contributed by atoms with Gasteiger partial charge in [0.15, 0.2) is 0 Å². The second-order valence-electron chi connectivity index (χ2n) is 4.53. The fourth-order valence-electron chi connectivity index (χ4n) is 2.67. The minimum atomic E-state index is 0.695. The Labute approximate surface area is 118 Å². The zero-order chi connectivity index (χ0) is 11.7. The maximum absolute atomic E-state index is 2.36. The van der Waals surface area contributed by atoms with E-state index in [1.165, 1.54) is 30.5 Å². The second-order valence-corrected chi connectivity index (χ2v) is 6.25. The van der Waals surface area contributed by atoms with Gasteiger partial charge in [-0.25, -0.2) is 0 Å². The monoisotopic (exact) mass is 355 g/mol. The molecular weight excluding hydrogens is 341 g/mol. The van der Waals surface area contributed by atoms with Crippen LogP contribution in [0.25, 0.3) is 0 Å². The van der Waals surface area contributed by atoms with Gasteiger partial charge in [0.05, 0.1) is 0 Å². The van der Waals surface area contributed by atoms with Crippen molar-refractivity contribution in [3.8, 4) is 0 Å². The highest BCUT2D eigenvalue weighted by molar-refractivity contribution is 14.2. The lowest BCUT2D eigenvalue weighted by molar-refractivity contribution is 0.576. The van der Waals surface area contributed by atoms with E-state index >= 15 is 0 Å². The van der Waals surface area contributed by atoms with E-state index in [0.29, 0.717) is 5.92 Å². The topological polar surface area (TPSA) is 4.93 Å². The summed E-state index contributed by atoms with van der Waals surface area (Å²) in [7, 11) is 1.77. The van der Waals surface area contributed by atoms with Crippen molar-refractivity contribution in [2.45, 2.75) is 25.2 Å². The first kappa shape index (κ1) is 11.7. The number of halogens is 1. The van der Waals surface area contributed by atoms with Crippen LogP contribution in [0.4, 0.5) is 0 Å². The zero-order valence-corrected chi connectivity index (χ0v) is 12.4. The van der Waals surface area contributed by atoms with E-state index in [1.807, 2.05) is 0 Å². The summed E-state index contributed by atoms with van der Waals surface area (Å²) in [5.74, 6) is 0.695. The van der Waals surface area contributed by atoms with Gasteiger partial charge >= 0.3 is 0 Å². The predicted molar refractivity (Wildman–Crippen MR) is 82.6 cm³/mol.